The van der Waals surface area contributed by atoms with Gasteiger partial charge in [-0.3, -0.25) is 0 Å². The van der Waals surface area contributed by atoms with E-state index in [2.05, 4.69) is 156 Å². The molecular weight excluding hydrogens is 708 g/mol. The number of benzene rings is 8. The van der Waals surface area contributed by atoms with Crippen molar-refractivity contribution in [3.63, 3.8) is 0 Å². The first-order valence-electron chi connectivity index (χ1n) is 18.0. The molecule has 3 heteroatoms. The summed E-state index contributed by atoms with van der Waals surface area (Å²) in [4.78, 5) is 8.97. The molecule has 0 fully saturated rings. The number of hydrogen-bond acceptors (Lipinski definition) is 2. The second-order valence-corrected chi connectivity index (χ2v) is 16.0. The molecule has 0 aliphatic heterocycles. The van der Waals surface area contributed by atoms with Gasteiger partial charge in [0.25, 0.3) is 0 Å². The molecule has 0 N–H and O–H groups in total. The molecule has 0 aliphatic carbocycles. The molecule has 0 amide bonds. The zero-order chi connectivity index (χ0) is 34.9. The molecule has 2 nitrogen and oxygen atoms in total. The standard InChI is InChI=1S/C50H30N2Se/c1-5-17-40-36(13-1)47(37-14-2-6-18-41(37)49(40)33-11-9-25-51-29-33)31-22-24-45-44(27-31)35-23-21-32(28-46(35)53-45)48-38-15-3-7-19-42(38)50(34-12-10-26-52-30-34)43-20-8-4-16-39(43)48/h1-30H. The molecule has 0 saturated carbocycles. The van der Waals surface area contributed by atoms with Crippen molar-refractivity contribution in [1.29, 1.82) is 0 Å². The average molecular weight is 738 g/mol. The van der Waals surface area contributed by atoms with E-state index in [4.69, 9.17) is 0 Å². The van der Waals surface area contributed by atoms with Crippen LogP contribution >= 0.6 is 0 Å². The van der Waals surface area contributed by atoms with Crippen LogP contribution in [-0.4, -0.2) is 24.5 Å². The van der Waals surface area contributed by atoms with Crippen LogP contribution in [0, 0.1) is 0 Å². The van der Waals surface area contributed by atoms with Gasteiger partial charge in [-0.25, -0.2) is 0 Å². The van der Waals surface area contributed by atoms with Gasteiger partial charge in [0.1, 0.15) is 0 Å². The van der Waals surface area contributed by atoms with Crippen LogP contribution < -0.4 is 0 Å². The van der Waals surface area contributed by atoms with Gasteiger partial charge in [-0.2, -0.15) is 0 Å². The van der Waals surface area contributed by atoms with Gasteiger partial charge in [-0.1, -0.05) is 0 Å². The zero-order valence-corrected chi connectivity index (χ0v) is 30.3. The van der Waals surface area contributed by atoms with Crippen molar-refractivity contribution in [3.8, 4) is 44.5 Å². The molecule has 0 bridgehead atoms. The quantitative estimate of drug-likeness (QED) is 0.133. The van der Waals surface area contributed by atoms with Gasteiger partial charge >= 0.3 is 314 Å². The first-order chi connectivity index (χ1) is 26.3. The van der Waals surface area contributed by atoms with Gasteiger partial charge < -0.3 is 0 Å². The maximum absolute atomic E-state index is 4.49. The van der Waals surface area contributed by atoms with E-state index in [0.29, 0.717) is 0 Å². The Kier molecular flexibility index (Phi) is 6.91. The third-order valence-electron chi connectivity index (χ3n) is 10.8. The van der Waals surface area contributed by atoms with E-state index in [0.717, 1.165) is 11.1 Å². The predicted octanol–water partition coefficient (Wildman–Crippen LogP) is 13.1. The van der Waals surface area contributed by atoms with Crippen molar-refractivity contribution in [2.24, 2.45) is 0 Å². The fourth-order valence-electron chi connectivity index (χ4n) is 8.61. The Balaban J connectivity index is 1.13. The number of fused-ring (bicyclic) bond motifs is 7. The van der Waals surface area contributed by atoms with Crippen molar-refractivity contribution in [2.45, 2.75) is 0 Å². The fraction of sp³-hybridized carbons (Fsp3) is 0. The van der Waals surface area contributed by atoms with Crippen LogP contribution in [0.1, 0.15) is 0 Å². The first-order valence-corrected chi connectivity index (χ1v) is 19.7. The minimum atomic E-state index is 0.203. The summed E-state index contributed by atoms with van der Waals surface area (Å²) in [6.45, 7) is 0. The molecule has 53 heavy (non-hydrogen) atoms. The maximum atomic E-state index is 4.49. The summed E-state index contributed by atoms with van der Waals surface area (Å²) >= 11 is 0.203. The Labute approximate surface area is 312 Å². The van der Waals surface area contributed by atoms with E-state index in [1.165, 1.54) is 95.8 Å². The summed E-state index contributed by atoms with van der Waals surface area (Å²) in [5, 5.41) is 12.8. The molecule has 0 saturated heterocycles. The molecule has 3 heterocycles. The normalized spacial score (nSPS) is 11.8. The fourth-order valence-corrected chi connectivity index (χ4v) is 11.0. The van der Waals surface area contributed by atoms with E-state index in [9.17, 15) is 0 Å². The monoisotopic (exact) mass is 738 g/mol. The Bertz CT molecular complexity index is 3100. The summed E-state index contributed by atoms with van der Waals surface area (Å²) in [7, 11) is 0. The molecular formula is C50H30N2Se. The van der Waals surface area contributed by atoms with E-state index in [1.54, 1.807) is 0 Å². The van der Waals surface area contributed by atoms with Gasteiger partial charge in [0.2, 0.25) is 0 Å². The molecule has 0 spiro atoms. The second kappa shape index (κ2) is 12.1. The van der Waals surface area contributed by atoms with Gasteiger partial charge in [0, 0.05) is 0 Å². The van der Waals surface area contributed by atoms with Crippen LogP contribution in [0.2, 0.25) is 0 Å². The van der Waals surface area contributed by atoms with Crippen molar-refractivity contribution in [1.82, 2.24) is 9.97 Å². The third kappa shape index (κ3) is 4.72. The topological polar surface area (TPSA) is 25.8 Å². The van der Waals surface area contributed by atoms with Gasteiger partial charge in [0.15, 0.2) is 0 Å². The van der Waals surface area contributed by atoms with Crippen molar-refractivity contribution in [2.75, 3.05) is 0 Å². The number of hydrogen-bond donors (Lipinski definition) is 0. The molecule has 0 aliphatic rings. The third-order valence-corrected chi connectivity index (χ3v) is 13.2. The summed E-state index contributed by atoms with van der Waals surface area (Å²) in [5.41, 5.74) is 9.87. The average Bonchev–Trinajstić information content (AvgIpc) is 3.59. The Morgan fingerprint density at radius 3 is 1.09 bits per heavy atom. The number of rotatable bonds is 4. The molecule has 11 aromatic rings. The molecule has 246 valence electrons. The van der Waals surface area contributed by atoms with Crippen LogP contribution in [0.15, 0.2) is 183 Å². The van der Waals surface area contributed by atoms with Crippen LogP contribution in [0.5, 0.6) is 0 Å². The van der Waals surface area contributed by atoms with Crippen molar-refractivity contribution >= 4 is 76.9 Å². The van der Waals surface area contributed by atoms with E-state index in [-0.39, 0.29) is 14.5 Å². The van der Waals surface area contributed by atoms with Crippen LogP contribution in [-0.2, 0) is 0 Å². The Morgan fingerprint density at radius 2 is 0.679 bits per heavy atom. The van der Waals surface area contributed by atoms with Crippen LogP contribution in [0.3, 0.4) is 0 Å². The zero-order valence-electron chi connectivity index (χ0n) is 28.6. The second-order valence-electron chi connectivity index (χ2n) is 13.7. The van der Waals surface area contributed by atoms with Crippen molar-refractivity contribution in [3.05, 3.63) is 183 Å². The summed E-state index contributed by atoms with van der Waals surface area (Å²) in [6, 6.07) is 58.2. The molecule has 3 aromatic heterocycles. The predicted molar refractivity (Wildman–Crippen MR) is 226 cm³/mol. The number of aromatic nitrogens is 2. The van der Waals surface area contributed by atoms with Crippen molar-refractivity contribution < 1.29 is 0 Å². The molecule has 8 aromatic carbocycles. The van der Waals surface area contributed by atoms with Crippen LogP contribution in [0.25, 0.3) is 107 Å². The van der Waals surface area contributed by atoms with E-state index < -0.39 is 0 Å². The van der Waals surface area contributed by atoms with Crippen LogP contribution in [0.4, 0.5) is 0 Å². The first kappa shape index (κ1) is 30.3. The molecule has 11 rings (SSSR count). The van der Waals surface area contributed by atoms with Gasteiger partial charge in [-0.15, -0.1) is 0 Å². The Morgan fingerprint density at radius 1 is 0.283 bits per heavy atom. The van der Waals surface area contributed by atoms with Gasteiger partial charge in [-0.05, 0) is 0 Å². The summed E-state index contributed by atoms with van der Waals surface area (Å²) < 4.78 is 2.88. The number of pyridine rings is 2. The molecule has 0 atom stereocenters. The van der Waals surface area contributed by atoms with E-state index in [1.807, 2.05) is 36.9 Å². The molecule has 0 unspecified atom stereocenters. The number of nitrogens with zero attached hydrogens (tertiary/aromatic N) is 2. The molecule has 0 radical (unpaired) electrons. The minimum absolute atomic E-state index is 0.203. The Hall–Kier alpha value is -6.38. The van der Waals surface area contributed by atoms with Gasteiger partial charge in [0.05, 0.1) is 0 Å². The SMILES string of the molecule is c1cncc(-c2c3ccccc3c(-c3ccc4c(c3)[se]c3ccc(-c5c6ccccc6c(-c6cccnc6)c6ccccc56)cc34)c3ccccc23)c1. The van der Waals surface area contributed by atoms with E-state index >= 15 is 0 Å². The summed E-state index contributed by atoms with van der Waals surface area (Å²) in [6.07, 6.45) is 7.66. The summed E-state index contributed by atoms with van der Waals surface area (Å²) in [5.74, 6) is 0.